The summed E-state index contributed by atoms with van der Waals surface area (Å²) in [5, 5.41) is 13.5. The Kier molecular flexibility index (Phi) is 4.32. The highest BCUT2D eigenvalue weighted by Gasteiger charge is 2.09. The zero-order chi connectivity index (χ0) is 14.7. The minimum absolute atomic E-state index is 0.393. The molecule has 0 spiro atoms. The van der Waals surface area contributed by atoms with Crippen LogP contribution in [0.1, 0.15) is 35.1 Å². The maximum Gasteiger partial charge on any atom is 0.0790 e. The van der Waals surface area contributed by atoms with Crippen molar-refractivity contribution in [2.45, 2.75) is 32.3 Å². The van der Waals surface area contributed by atoms with Gasteiger partial charge in [-0.05, 0) is 61.4 Å². The molecule has 0 saturated carbocycles. The number of pyridine rings is 1. The quantitative estimate of drug-likeness (QED) is 0.743. The lowest BCUT2D eigenvalue weighted by molar-refractivity contribution is 0.165. The van der Waals surface area contributed by atoms with Crippen LogP contribution >= 0.6 is 11.3 Å². The topological polar surface area (TPSA) is 33.1 Å². The summed E-state index contributed by atoms with van der Waals surface area (Å²) in [6.45, 7) is 1.99. The third-order valence-electron chi connectivity index (χ3n) is 3.72. The van der Waals surface area contributed by atoms with E-state index >= 15 is 0 Å². The second-order valence-corrected chi connectivity index (χ2v) is 6.42. The second kappa shape index (κ2) is 6.37. The largest absolute Gasteiger partial charge is 0.388 e. The van der Waals surface area contributed by atoms with Crippen LogP contribution in [0.25, 0.3) is 10.9 Å². The number of aromatic nitrogens is 1. The Bertz CT molecular complexity index is 721. The summed E-state index contributed by atoms with van der Waals surface area (Å²) in [4.78, 5) is 5.88. The van der Waals surface area contributed by atoms with Crippen molar-refractivity contribution >= 4 is 22.2 Å². The average molecular weight is 297 g/mol. The molecule has 0 fully saturated rings. The lowest BCUT2D eigenvalue weighted by Crippen LogP contribution is -1.98. The Labute approximate surface area is 129 Å². The first-order valence-corrected chi connectivity index (χ1v) is 8.18. The maximum absolute atomic E-state index is 10.3. The predicted octanol–water partition coefficient (Wildman–Crippen LogP) is 4.66. The van der Waals surface area contributed by atoms with E-state index in [4.69, 9.17) is 0 Å². The molecule has 3 aromatic rings. The summed E-state index contributed by atoms with van der Waals surface area (Å²) in [5.41, 5.74) is 3.00. The van der Waals surface area contributed by atoms with E-state index in [1.807, 2.05) is 25.1 Å². The van der Waals surface area contributed by atoms with Gasteiger partial charge >= 0.3 is 0 Å². The Morgan fingerprint density at radius 3 is 2.90 bits per heavy atom. The number of aryl methyl sites for hydroxylation is 2. The number of aliphatic hydroxyl groups excluding tert-OH is 1. The van der Waals surface area contributed by atoms with Gasteiger partial charge in [0, 0.05) is 16.0 Å². The fourth-order valence-electron chi connectivity index (χ4n) is 2.54. The van der Waals surface area contributed by atoms with Crippen molar-refractivity contribution in [1.82, 2.24) is 4.98 Å². The van der Waals surface area contributed by atoms with Gasteiger partial charge in [0.2, 0.25) is 0 Å². The molecule has 3 heteroatoms. The molecule has 108 valence electrons. The summed E-state index contributed by atoms with van der Waals surface area (Å²) in [5.74, 6) is 0. The van der Waals surface area contributed by atoms with Gasteiger partial charge in [-0.1, -0.05) is 18.2 Å². The van der Waals surface area contributed by atoms with Crippen LogP contribution < -0.4 is 0 Å². The van der Waals surface area contributed by atoms with Gasteiger partial charge in [-0.2, -0.15) is 0 Å². The highest BCUT2D eigenvalue weighted by Crippen LogP contribution is 2.24. The van der Waals surface area contributed by atoms with Gasteiger partial charge in [-0.3, -0.25) is 4.98 Å². The van der Waals surface area contributed by atoms with E-state index in [1.165, 1.54) is 4.88 Å². The van der Waals surface area contributed by atoms with Crippen LogP contribution in [0.4, 0.5) is 0 Å². The van der Waals surface area contributed by atoms with Gasteiger partial charge in [0.05, 0.1) is 11.6 Å². The number of nitrogens with zero attached hydrogens (tertiary/aromatic N) is 1. The lowest BCUT2D eigenvalue weighted by Gasteiger charge is -2.11. The van der Waals surface area contributed by atoms with Crippen LogP contribution in [0.3, 0.4) is 0 Å². The van der Waals surface area contributed by atoms with Gasteiger partial charge in [0.15, 0.2) is 0 Å². The van der Waals surface area contributed by atoms with E-state index in [-0.39, 0.29) is 0 Å². The van der Waals surface area contributed by atoms with E-state index in [0.717, 1.165) is 41.4 Å². The predicted molar refractivity (Wildman–Crippen MR) is 88.7 cm³/mol. The van der Waals surface area contributed by atoms with Crippen molar-refractivity contribution in [2.75, 3.05) is 0 Å². The molecule has 1 aromatic carbocycles. The monoisotopic (exact) mass is 297 g/mol. The van der Waals surface area contributed by atoms with Gasteiger partial charge in [0.25, 0.3) is 0 Å². The summed E-state index contributed by atoms with van der Waals surface area (Å²) in [6, 6.07) is 14.4. The number of aliphatic hydroxyl groups is 1. The lowest BCUT2D eigenvalue weighted by atomic mass is 10.0. The smallest absolute Gasteiger partial charge is 0.0790 e. The fraction of sp³-hybridized carbons (Fsp3) is 0.278. The summed E-state index contributed by atoms with van der Waals surface area (Å²) in [6.07, 6.45) is 2.45. The molecule has 21 heavy (non-hydrogen) atoms. The molecule has 2 nitrogen and oxygen atoms in total. The summed E-state index contributed by atoms with van der Waals surface area (Å²) in [7, 11) is 0. The number of fused-ring (bicyclic) bond motifs is 1. The highest BCUT2D eigenvalue weighted by molar-refractivity contribution is 7.09. The number of hydrogen-bond donors (Lipinski definition) is 1. The molecular formula is C18H19NOS. The Hall–Kier alpha value is -1.71. The van der Waals surface area contributed by atoms with Gasteiger partial charge in [-0.25, -0.2) is 0 Å². The summed E-state index contributed by atoms with van der Waals surface area (Å²) < 4.78 is 0. The van der Waals surface area contributed by atoms with Crippen molar-refractivity contribution in [3.63, 3.8) is 0 Å². The van der Waals surface area contributed by atoms with Crippen LogP contribution in [-0.4, -0.2) is 10.1 Å². The first kappa shape index (κ1) is 14.2. The number of thiophene rings is 1. The minimum atomic E-state index is -0.393. The Balaban J connectivity index is 1.66. The van der Waals surface area contributed by atoms with Crippen molar-refractivity contribution < 1.29 is 5.11 Å². The molecule has 2 heterocycles. The van der Waals surface area contributed by atoms with E-state index in [9.17, 15) is 5.11 Å². The molecule has 0 aliphatic rings. The second-order valence-electron chi connectivity index (χ2n) is 5.39. The van der Waals surface area contributed by atoms with Crippen molar-refractivity contribution in [2.24, 2.45) is 0 Å². The Morgan fingerprint density at radius 1 is 1.19 bits per heavy atom. The number of rotatable bonds is 5. The highest BCUT2D eigenvalue weighted by atomic mass is 32.1. The van der Waals surface area contributed by atoms with E-state index in [2.05, 4.69) is 34.6 Å². The summed E-state index contributed by atoms with van der Waals surface area (Å²) >= 11 is 1.78. The number of benzene rings is 1. The normalized spacial score (nSPS) is 12.7. The van der Waals surface area contributed by atoms with Crippen molar-refractivity contribution in [1.29, 1.82) is 0 Å². The Morgan fingerprint density at radius 2 is 2.10 bits per heavy atom. The first-order valence-electron chi connectivity index (χ1n) is 7.30. The minimum Gasteiger partial charge on any atom is -0.388 e. The van der Waals surface area contributed by atoms with Gasteiger partial charge in [0.1, 0.15) is 0 Å². The zero-order valence-electron chi connectivity index (χ0n) is 12.1. The third-order valence-corrected chi connectivity index (χ3v) is 4.65. The zero-order valence-corrected chi connectivity index (χ0v) is 12.9. The molecule has 0 saturated heterocycles. The molecule has 1 N–H and O–H groups in total. The fourth-order valence-corrected chi connectivity index (χ4v) is 3.30. The molecular weight excluding hydrogens is 278 g/mol. The van der Waals surface area contributed by atoms with Crippen LogP contribution in [0, 0.1) is 6.92 Å². The van der Waals surface area contributed by atoms with Crippen molar-refractivity contribution in [3.8, 4) is 0 Å². The van der Waals surface area contributed by atoms with Crippen LogP contribution in [0.15, 0.2) is 47.8 Å². The molecule has 0 aliphatic carbocycles. The first-order chi connectivity index (χ1) is 10.2. The third kappa shape index (κ3) is 3.49. The molecule has 1 atom stereocenters. The average Bonchev–Trinajstić information content (AvgIpc) is 3.00. The maximum atomic E-state index is 10.3. The molecule has 0 radical (unpaired) electrons. The van der Waals surface area contributed by atoms with Crippen molar-refractivity contribution in [3.05, 3.63) is 64.0 Å². The van der Waals surface area contributed by atoms with E-state index in [1.54, 1.807) is 11.3 Å². The van der Waals surface area contributed by atoms with Gasteiger partial charge < -0.3 is 5.11 Å². The SMILES string of the molecule is Cc1ccc2cc(C(O)CCCc3cccs3)ccc2n1. The van der Waals surface area contributed by atoms with Gasteiger partial charge in [-0.15, -0.1) is 11.3 Å². The van der Waals surface area contributed by atoms with Crippen LogP contribution in [-0.2, 0) is 6.42 Å². The van der Waals surface area contributed by atoms with E-state index < -0.39 is 6.10 Å². The molecule has 0 amide bonds. The molecule has 2 aromatic heterocycles. The molecule has 0 bridgehead atoms. The van der Waals surface area contributed by atoms with Crippen LogP contribution in [0.5, 0.6) is 0 Å². The molecule has 3 rings (SSSR count). The molecule has 1 unspecified atom stereocenters. The standard InChI is InChI=1S/C18H19NOS/c1-13-7-8-14-12-15(9-10-17(14)19-13)18(20)6-2-4-16-5-3-11-21-16/h3,5,7-12,18,20H,2,4,6H2,1H3. The van der Waals surface area contributed by atoms with E-state index in [0.29, 0.717) is 0 Å². The number of hydrogen-bond acceptors (Lipinski definition) is 3. The molecule has 0 aliphatic heterocycles. The van der Waals surface area contributed by atoms with Crippen LogP contribution in [0.2, 0.25) is 0 Å².